The summed E-state index contributed by atoms with van der Waals surface area (Å²) in [7, 11) is 0. The maximum Gasteiger partial charge on any atom is 0.228 e. The Morgan fingerprint density at radius 3 is 2.54 bits per heavy atom. The van der Waals surface area contributed by atoms with Gasteiger partial charge < -0.3 is 14.5 Å². The summed E-state index contributed by atoms with van der Waals surface area (Å²) in [4.78, 5) is 29.9. The first-order valence-corrected chi connectivity index (χ1v) is 9.84. The first-order valence-electron chi connectivity index (χ1n) is 9.84. The third-order valence-electron chi connectivity index (χ3n) is 6.60. The number of hydrogen-bond donors (Lipinski definition) is 0. The van der Waals surface area contributed by atoms with Crippen LogP contribution in [0.25, 0.3) is 0 Å². The molecular weight excluding hydrogens is 304 g/mol. The highest BCUT2D eigenvalue weighted by Crippen LogP contribution is 2.43. The number of amides is 2. The molecule has 4 aliphatic rings. The molecule has 5 heteroatoms. The number of nitrogens with zero attached hydrogens (tertiary/aromatic N) is 2. The molecule has 0 aromatic heterocycles. The van der Waals surface area contributed by atoms with E-state index in [2.05, 4.69) is 4.90 Å². The van der Waals surface area contributed by atoms with Crippen molar-refractivity contribution in [3.8, 4) is 0 Å². The van der Waals surface area contributed by atoms with Crippen molar-refractivity contribution in [2.24, 2.45) is 17.3 Å². The van der Waals surface area contributed by atoms with Gasteiger partial charge in [-0.05, 0) is 57.3 Å². The largest absolute Gasteiger partial charge is 0.381 e. The maximum atomic E-state index is 13.0. The first kappa shape index (κ1) is 16.4. The van der Waals surface area contributed by atoms with Crippen LogP contribution >= 0.6 is 0 Å². The van der Waals surface area contributed by atoms with Gasteiger partial charge in [-0.15, -0.1) is 0 Å². The fourth-order valence-electron chi connectivity index (χ4n) is 4.76. The zero-order chi connectivity index (χ0) is 16.6. The van der Waals surface area contributed by atoms with E-state index in [-0.39, 0.29) is 11.3 Å². The van der Waals surface area contributed by atoms with Crippen molar-refractivity contribution in [1.82, 2.24) is 9.80 Å². The number of carbonyl (C=O) groups is 2. The molecule has 0 aromatic rings. The smallest absolute Gasteiger partial charge is 0.228 e. The molecule has 1 saturated carbocycles. The highest BCUT2D eigenvalue weighted by atomic mass is 16.5. The van der Waals surface area contributed by atoms with E-state index < -0.39 is 0 Å². The fourth-order valence-corrected chi connectivity index (χ4v) is 4.76. The lowest BCUT2D eigenvalue weighted by Gasteiger charge is -2.29. The molecule has 0 N–H and O–H groups in total. The highest BCUT2D eigenvalue weighted by molar-refractivity contribution is 5.85. The van der Waals surface area contributed by atoms with Crippen LogP contribution in [-0.2, 0) is 14.3 Å². The van der Waals surface area contributed by atoms with E-state index in [1.807, 2.05) is 4.90 Å². The fraction of sp³-hybridized carbons (Fsp3) is 0.895. The number of ether oxygens (including phenoxy) is 1. The van der Waals surface area contributed by atoms with Crippen LogP contribution in [0, 0.1) is 17.3 Å². The average molecular weight is 334 g/mol. The Morgan fingerprint density at radius 1 is 1.04 bits per heavy atom. The molecule has 2 amide bonds. The molecule has 3 aliphatic heterocycles. The van der Waals surface area contributed by atoms with Gasteiger partial charge in [-0.2, -0.15) is 0 Å². The van der Waals surface area contributed by atoms with Crippen molar-refractivity contribution in [2.45, 2.75) is 51.4 Å². The molecule has 4 rings (SSSR count). The Bertz CT molecular complexity index is 499. The minimum atomic E-state index is -0.167. The lowest BCUT2D eigenvalue weighted by molar-refractivity contribution is -0.140. The van der Waals surface area contributed by atoms with Crippen LogP contribution in [0.1, 0.15) is 51.4 Å². The van der Waals surface area contributed by atoms with Gasteiger partial charge in [-0.3, -0.25) is 9.59 Å². The van der Waals surface area contributed by atoms with Crippen molar-refractivity contribution in [1.29, 1.82) is 0 Å². The second kappa shape index (κ2) is 6.66. The normalized spacial score (nSPS) is 32.4. The molecule has 3 heterocycles. The lowest BCUT2D eigenvalue weighted by atomic mass is 9.79. The van der Waals surface area contributed by atoms with Gasteiger partial charge in [0.05, 0.1) is 5.41 Å². The lowest BCUT2D eigenvalue weighted by Crippen LogP contribution is -2.40. The Hall–Kier alpha value is -1.10. The van der Waals surface area contributed by atoms with E-state index in [1.165, 1.54) is 12.8 Å². The zero-order valence-corrected chi connectivity index (χ0v) is 14.7. The van der Waals surface area contributed by atoms with Crippen LogP contribution in [0.5, 0.6) is 0 Å². The van der Waals surface area contributed by atoms with Crippen LogP contribution < -0.4 is 0 Å². The van der Waals surface area contributed by atoms with Crippen LogP contribution in [0.15, 0.2) is 0 Å². The zero-order valence-electron chi connectivity index (χ0n) is 14.7. The Kier molecular flexibility index (Phi) is 4.54. The molecule has 0 aromatic carbocycles. The van der Waals surface area contributed by atoms with Gasteiger partial charge in [0, 0.05) is 45.3 Å². The van der Waals surface area contributed by atoms with Crippen molar-refractivity contribution in [2.75, 3.05) is 39.4 Å². The average Bonchev–Trinajstić information content (AvgIpc) is 3.40. The number of carbonyl (C=O) groups excluding carboxylic acids is 2. The summed E-state index contributed by atoms with van der Waals surface area (Å²) in [6.07, 6.45) is 8.10. The SMILES string of the molecule is O=C(C1CCOCC1)N1CCC[C@@]2(CC1)CCN(CC1CC1)C2=O. The topological polar surface area (TPSA) is 49.9 Å². The van der Waals surface area contributed by atoms with Gasteiger partial charge in [-0.25, -0.2) is 0 Å². The van der Waals surface area contributed by atoms with E-state index in [4.69, 9.17) is 4.74 Å². The van der Waals surface area contributed by atoms with Crippen LogP contribution in [0.4, 0.5) is 0 Å². The standard InChI is InChI=1S/C19H30N2O3/c22-17(16-4-12-24-13-5-16)20-9-1-6-19(7-10-20)8-11-21(18(19)23)14-15-2-3-15/h15-16H,1-14H2/t19-/m1/s1. The molecule has 1 spiro atoms. The highest BCUT2D eigenvalue weighted by Gasteiger charge is 2.48. The summed E-state index contributed by atoms with van der Waals surface area (Å²) < 4.78 is 5.38. The minimum absolute atomic E-state index is 0.137. The molecule has 3 saturated heterocycles. The van der Waals surface area contributed by atoms with Gasteiger partial charge in [0.2, 0.25) is 11.8 Å². The van der Waals surface area contributed by atoms with E-state index in [0.29, 0.717) is 25.0 Å². The molecule has 5 nitrogen and oxygen atoms in total. The number of rotatable bonds is 3. The molecule has 1 atom stereocenters. The van der Waals surface area contributed by atoms with Gasteiger partial charge in [0.1, 0.15) is 0 Å². The molecular formula is C19H30N2O3. The van der Waals surface area contributed by atoms with Gasteiger partial charge >= 0.3 is 0 Å². The Labute approximate surface area is 144 Å². The number of hydrogen-bond acceptors (Lipinski definition) is 3. The first-order chi connectivity index (χ1) is 11.7. The predicted molar refractivity (Wildman–Crippen MR) is 90.3 cm³/mol. The molecule has 0 bridgehead atoms. The molecule has 0 unspecified atom stereocenters. The van der Waals surface area contributed by atoms with Crippen LogP contribution in [0.3, 0.4) is 0 Å². The van der Waals surface area contributed by atoms with E-state index >= 15 is 0 Å². The van der Waals surface area contributed by atoms with Crippen LogP contribution in [0.2, 0.25) is 0 Å². The van der Waals surface area contributed by atoms with E-state index in [9.17, 15) is 9.59 Å². The van der Waals surface area contributed by atoms with Gasteiger partial charge in [-0.1, -0.05) is 0 Å². The Balaban J connectivity index is 1.37. The monoisotopic (exact) mass is 334 g/mol. The maximum absolute atomic E-state index is 13.0. The van der Waals surface area contributed by atoms with Crippen molar-refractivity contribution in [3.05, 3.63) is 0 Å². The van der Waals surface area contributed by atoms with Crippen molar-refractivity contribution in [3.63, 3.8) is 0 Å². The molecule has 1 aliphatic carbocycles. The summed E-state index contributed by atoms with van der Waals surface area (Å²) >= 11 is 0. The number of likely N-dealkylation sites (tertiary alicyclic amines) is 2. The summed E-state index contributed by atoms with van der Waals surface area (Å²) in [6, 6.07) is 0. The summed E-state index contributed by atoms with van der Waals surface area (Å²) in [5.74, 6) is 1.59. The molecule has 4 fully saturated rings. The Morgan fingerprint density at radius 2 is 1.79 bits per heavy atom. The summed E-state index contributed by atoms with van der Waals surface area (Å²) in [5, 5.41) is 0. The summed E-state index contributed by atoms with van der Waals surface area (Å²) in [5.41, 5.74) is -0.167. The van der Waals surface area contributed by atoms with Gasteiger partial charge in [0.25, 0.3) is 0 Å². The van der Waals surface area contributed by atoms with E-state index in [1.54, 1.807) is 0 Å². The molecule has 0 radical (unpaired) electrons. The second-order valence-corrected chi connectivity index (χ2v) is 8.29. The molecule has 134 valence electrons. The van der Waals surface area contributed by atoms with Crippen molar-refractivity contribution >= 4 is 11.8 Å². The third kappa shape index (κ3) is 3.19. The van der Waals surface area contributed by atoms with Crippen molar-refractivity contribution < 1.29 is 14.3 Å². The van der Waals surface area contributed by atoms with Gasteiger partial charge in [0.15, 0.2) is 0 Å². The second-order valence-electron chi connectivity index (χ2n) is 8.29. The third-order valence-corrected chi connectivity index (χ3v) is 6.60. The minimum Gasteiger partial charge on any atom is -0.381 e. The van der Waals surface area contributed by atoms with E-state index in [0.717, 1.165) is 70.6 Å². The quantitative estimate of drug-likeness (QED) is 0.794. The predicted octanol–water partition coefficient (Wildman–Crippen LogP) is 2.05. The molecule has 24 heavy (non-hydrogen) atoms. The summed E-state index contributed by atoms with van der Waals surface area (Å²) in [6.45, 7) is 4.92. The van der Waals surface area contributed by atoms with Crippen LogP contribution in [-0.4, -0.2) is 61.0 Å².